The number of benzene rings is 2. The molecule has 0 spiro atoms. The first kappa shape index (κ1) is 19.6. The van der Waals surface area contributed by atoms with E-state index >= 15 is 0 Å². The number of fused-ring (bicyclic) bond motifs is 2. The summed E-state index contributed by atoms with van der Waals surface area (Å²) in [5.41, 5.74) is 2.92. The summed E-state index contributed by atoms with van der Waals surface area (Å²) in [6.45, 7) is 3.83. The van der Waals surface area contributed by atoms with Gasteiger partial charge in [-0.3, -0.25) is 4.79 Å². The molecule has 0 saturated carbocycles. The van der Waals surface area contributed by atoms with Gasteiger partial charge in [-0.1, -0.05) is 30.0 Å². The summed E-state index contributed by atoms with van der Waals surface area (Å²) in [6.07, 6.45) is 0. The molecule has 2 aromatic carbocycles. The van der Waals surface area contributed by atoms with Crippen LogP contribution in [0.25, 0.3) is 11.0 Å². The van der Waals surface area contributed by atoms with Gasteiger partial charge in [-0.05, 0) is 36.8 Å². The fourth-order valence-electron chi connectivity index (χ4n) is 3.14. The molecule has 1 atom stereocenters. The van der Waals surface area contributed by atoms with Crippen LogP contribution in [0.15, 0.2) is 47.6 Å². The molecule has 3 aromatic rings. The van der Waals surface area contributed by atoms with Gasteiger partial charge in [0.1, 0.15) is 0 Å². The number of imidazole rings is 1. The lowest BCUT2D eigenvalue weighted by Gasteiger charge is -2.13. The quantitative estimate of drug-likeness (QED) is 0.572. The van der Waals surface area contributed by atoms with E-state index in [1.54, 1.807) is 7.11 Å². The Kier molecular flexibility index (Phi) is 5.92. The lowest BCUT2D eigenvalue weighted by Crippen LogP contribution is -2.30. The number of rotatable bonds is 8. The molecule has 8 heteroatoms. The third-order valence-corrected chi connectivity index (χ3v) is 5.78. The number of hydrogen-bond donors (Lipinski definition) is 1. The molecular weight excluding hydrogens is 390 g/mol. The van der Waals surface area contributed by atoms with Crippen LogP contribution in [-0.4, -0.2) is 41.2 Å². The lowest BCUT2D eigenvalue weighted by atomic mass is 10.2. The van der Waals surface area contributed by atoms with E-state index in [-0.39, 0.29) is 18.0 Å². The average molecular weight is 413 g/mol. The van der Waals surface area contributed by atoms with Crippen molar-refractivity contribution < 1.29 is 19.0 Å². The number of methoxy groups -OCH3 is 1. The number of amides is 1. The van der Waals surface area contributed by atoms with Gasteiger partial charge < -0.3 is 24.1 Å². The molecule has 2 heterocycles. The summed E-state index contributed by atoms with van der Waals surface area (Å²) in [7, 11) is 1.68. The van der Waals surface area contributed by atoms with Crippen LogP contribution in [0.2, 0.25) is 0 Å². The van der Waals surface area contributed by atoms with Gasteiger partial charge in [-0.25, -0.2) is 4.98 Å². The van der Waals surface area contributed by atoms with Crippen molar-refractivity contribution in [3.8, 4) is 11.5 Å². The highest BCUT2D eigenvalue weighted by Crippen LogP contribution is 2.32. The van der Waals surface area contributed by atoms with Crippen LogP contribution in [0.3, 0.4) is 0 Å². The van der Waals surface area contributed by atoms with Crippen LogP contribution in [0.4, 0.5) is 0 Å². The number of thioether (sulfide) groups is 1. The van der Waals surface area contributed by atoms with E-state index in [0.29, 0.717) is 25.4 Å². The van der Waals surface area contributed by atoms with Gasteiger partial charge in [0.15, 0.2) is 16.7 Å². The van der Waals surface area contributed by atoms with Crippen molar-refractivity contribution in [2.45, 2.75) is 30.4 Å². The molecule has 1 aromatic heterocycles. The minimum absolute atomic E-state index is 0.0435. The van der Waals surface area contributed by atoms with Gasteiger partial charge in [0.05, 0.1) is 22.9 Å². The second kappa shape index (κ2) is 8.75. The maximum absolute atomic E-state index is 12.6. The maximum atomic E-state index is 12.6. The minimum atomic E-state index is -0.290. The van der Waals surface area contributed by atoms with Gasteiger partial charge in [0, 0.05) is 20.2 Å². The van der Waals surface area contributed by atoms with Crippen molar-refractivity contribution in [3.05, 3.63) is 48.0 Å². The summed E-state index contributed by atoms with van der Waals surface area (Å²) in [4.78, 5) is 17.4. The topological polar surface area (TPSA) is 74.6 Å². The predicted octanol–water partition coefficient (Wildman–Crippen LogP) is 3.21. The molecule has 152 valence electrons. The molecular formula is C21H23N3O4S. The van der Waals surface area contributed by atoms with Crippen LogP contribution in [0.1, 0.15) is 12.5 Å². The van der Waals surface area contributed by atoms with Crippen LogP contribution in [0, 0.1) is 0 Å². The molecule has 4 rings (SSSR count). The minimum Gasteiger partial charge on any atom is -0.454 e. The molecule has 0 bridgehead atoms. The van der Waals surface area contributed by atoms with Crippen molar-refractivity contribution >= 4 is 28.7 Å². The van der Waals surface area contributed by atoms with Crippen molar-refractivity contribution in [2.75, 3.05) is 20.5 Å². The number of carbonyl (C=O) groups excluding carboxylic acids is 1. The first-order valence-electron chi connectivity index (χ1n) is 9.43. The number of aromatic nitrogens is 2. The van der Waals surface area contributed by atoms with Crippen molar-refractivity contribution in [2.24, 2.45) is 0 Å². The number of hydrogen-bond acceptors (Lipinski definition) is 6. The average Bonchev–Trinajstić information content (AvgIpc) is 3.34. The van der Waals surface area contributed by atoms with E-state index in [2.05, 4.69) is 9.88 Å². The Balaban J connectivity index is 1.42. The van der Waals surface area contributed by atoms with E-state index in [9.17, 15) is 4.79 Å². The summed E-state index contributed by atoms with van der Waals surface area (Å²) < 4.78 is 18.0. The number of carbonyl (C=O) groups is 1. The Morgan fingerprint density at radius 1 is 1.28 bits per heavy atom. The maximum Gasteiger partial charge on any atom is 0.233 e. The van der Waals surface area contributed by atoms with Gasteiger partial charge in [0.25, 0.3) is 0 Å². The molecule has 0 saturated heterocycles. The summed E-state index contributed by atoms with van der Waals surface area (Å²) in [5.74, 6) is 1.41. The Hall–Kier alpha value is -2.71. The molecule has 29 heavy (non-hydrogen) atoms. The number of nitrogens with zero attached hydrogens (tertiary/aromatic N) is 2. The monoisotopic (exact) mass is 413 g/mol. The van der Waals surface area contributed by atoms with Crippen molar-refractivity contribution in [3.63, 3.8) is 0 Å². The number of para-hydroxylation sites is 2. The summed E-state index contributed by atoms with van der Waals surface area (Å²) >= 11 is 1.45. The Bertz CT molecular complexity index is 1020. The zero-order valence-corrected chi connectivity index (χ0v) is 17.2. The molecule has 1 amide bonds. The van der Waals surface area contributed by atoms with Crippen LogP contribution >= 0.6 is 11.8 Å². The lowest BCUT2D eigenvalue weighted by molar-refractivity contribution is -0.120. The SMILES string of the molecule is COCCn1c(SC(C)C(=O)NCc2ccc3c(c2)OCO3)nc2ccccc21. The Morgan fingerprint density at radius 3 is 2.97 bits per heavy atom. The van der Waals surface area contributed by atoms with Crippen molar-refractivity contribution in [1.82, 2.24) is 14.9 Å². The Morgan fingerprint density at radius 2 is 2.10 bits per heavy atom. The van der Waals surface area contributed by atoms with Crippen LogP contribution < -0.4 is 14.8 Å². The fraction of sp³-hybridized carbons (Fsp3) is 0.333. The van der Waals surface area contributed by atoms with Gasteiger partial charge >= 0.3 is 0 Å². The van der Waals surface area contributed by atoms with Gasteiger partial charge in [-0.2, -0.15) is 0 Å². The first-order chi connectivity index (χ1) is 14.2. The highest BCUT2D eigenvalue weighted by molar-refractivity contribution is 8.00. The van der Waals surface area contributed by atoms with Gasteiger partial charge in [-0.15, -0.1) is 0 Å². The zero-order chi connectivity index (χ0) is 20.2. The highest BCUT2D eigenvalue weighted by Gasteiger charge is 2.20. The molecule has 1 aliphatic rings. The molecule has 0 aliphatic carbocycles. The second-order valence-electron chi connectivity index (χ2n) is 6.69. The largest absolute Gasteiger partial charge is 0.454 e. The normalized spacial score (nSPS) is 13.6. The molecule has 1 aliphatic heterocycles. The van der Waals surface area contributed by atoms with E-state index in [0.717, 1.165) is 27.5 Å². The molecule has 0 fully saturated rings. The summed E-state index contributed by atoms with van der Waals surface area (Å²) in [5, 5.41) is 3.51. The van der Waals surface area contributed by atoms with Gasteiger partial charge in [0.2, 0.25) is 12.7 Å². The van der Waals surface area contributed by atoms with Crippen molar-refractivity contribution in [1.29, 1.82) is 0 Å². The van der Waals surface area contributed by atoms with E-state index in [4.69, 9.17) is 19.2 Å². The first-order valence-corrected chi connectivity index (χ1v) is 10.3. The third-order valence-electron chi connectivity index (χ3n) is 4.69. The van der Waals surface area contributed by atoms with Crippen LogP contribution in [-0.2, 0) is 22.6 Å². The van der Waals surface area contributed by atoms with Crippen LogP contribution in [0.5, 0.6) is 11.5 Å². The smallest absolute Gasteiger partial charge is 0.233 e. The number of nitrogens with one attached hydrogen (secondary N) is 1. The van der Waals surface area contributed by atoms with E-state index < -0.39 is 0 Å². The van der Waals surface area contributed by atoms with E-state index in [1.807, 2.05) is 49.4 Å². The summed E-state index contributed by atoms with van der Waals surface area (Å²) in [6, 6.07) is 13.6. The predicted molar refractivity (Wildman–Crippen MR) is 111 cm³/mol. The van der Waals surface area contributed by atoms with E-state index in [1.165, 1.54) is 11.8 Å². The second-order valence-corrected chi connectivity index (χ2v) is 8.00. The number of ether oxygens (including phenoxy) is 3. The fourth-order valence-corrected chi connectivity index (χ4v) is 4.11. The molecule has 1 N–H and O–H groups in total. The third kappa shape index (κ3) is 4.33. The molecule has 7 nitrogen and oxygen atoms in total. The molecule has 0 radical (unpaired) electrons. The molecule has 1 unspecified atom stereocenters. The Labute approximate surface area is 173 Å². The highest BCUT2D eigenvalue weighted by atomic mass is 32.2. The zero-order valence-electron chi connectivity index (χ0n) is 16.4. The standard InChI is InChI=1S/C21H23N3O4S/c1-14(20(25)22-12-15-7-8-18-19(11-15)28-13-27-18)29-21-23-16-5-3-4-6-17(16)24(21)9-10-26-2/h3-8,11,14H,9-10,12-13H2,1-2H3,(H,22,25).